The molecule has 44 valence electrons. The van der Waals surface area contributed by atoms with Gasteiger partial charge in [0.25, 0.3) is 0 Å². The molecule has 1 atom stereocenters. The molecule has 0 saturated carbocycles. The molecule has 2 heteroatoms. The second-order valence-electron chi connectivity index (χ2n) is 1.61. The van der Waals surface area contributed by atoms with Crippen LogP contribution >= 0.6 is 11.6 Å². The standard InChI is InChI=1S/C5H10ClF/c1-5(7)3-2-4-6/h5H,2-4H2,1H3. The highest BCUT2D eigenvalue weighted by molar-refractivity contribution is 6.17. The first-order valence-electron chi connectivity index (χ1n) is 2.47. The maximum atomic E-state index is 11.8. The fourth-order valence-corrected chi connectivity index (χ4v) is 0.513. The Hall–Kier alpha value is 0.220. The van der Waals surface area contributed by atoms with Crippen molar-refractivity contribution < 1.29 is 4.39 Å². The van der Waals surface area contributed by atoms with Gasteiger partial charge >= 0.3 is 0 Å². The Morgan fingerprint density at radius 3 is 2.43 bits per heavy atom. The monoisotopic (exact) mass is 124 g/mol. The Balaban J connectivity index is 2.68. The zero-order valence-electron chi connectivity index (χ0n) is 4.45. The normalized spacial score (nSPS) is 14.1. The van der Waals surface area contributed by atoms with Crippen LogP contribution in [-0.4, -0.2) is 12.1 Å². The predicted octanol–water partition coefficient (Wildman–Crippen LogP) is 2.36. The lowest BCUT2D eigenvalue weighted by atomic mass is 10.2. The summed E-state index contributed by atoms with van der Waals surface area (Å²) < 4.78 is 11.8. The molecule has 0 aliphatic rings. The molecule has 0 radical (unpaired) electrons. The van der Waals surface area contributed by atoms with Crippen LogP contribution in [0.15, 0.2) is 0 Å². The van der Waals surface area contributed by atoms with Crippen molar-refractivity contribution in [1.82, 2.24) is 0 Å². The van der Waals surface area contributed by atoms with Gasteiger partial charge in [0, 0.05) is 5.88 Å². The van der Waals surface area contributed by atoms with Crippen LogP contribution in [0.1, 0.15) is 19.8 Å². The van der Waals surface area contributed by atoms with Crippen molar-refractivity contribution in [3.63, 3.8) is 0 Å². The van der Waals surface area contributed by atoms with E-state index in [1.165, 1.54) is 0 Å². The van der Waals surface area contributed by atoms with E-state index in [0.717, 1.165) is 6.42 Å². The van der Waals surface area contributed by atoms with Gasteiger partial charge in [-0.15, -0.1) is 11.6 Å². The van der Waals surface area contributed by atoms with E-state index < -0.39 is 6.17 Å². The van der Waals surface area contributed by atoms with Crippen LogP contribution in [0, 0.1) is 0 Å². The summed E-state index contributed by atoms with van der Waals surface area (Å²) in [5.74, 6) is 0.578. The molecule has 0 spiro atoms. The molecule has 0 saturated heterocycles. The van der Waals surface area contributed by atoms with Gasteiger partial charge in [-0.1, -0.05) is 0 Å². The van der Waals surface area contributed by atoms with Crippen molar-refractivity contribution in [3.05, 3.63) is 0 Å². The molecule has 0 heterocycles. The Morgan fingerprint density at radius 1 is 1.71 bits per heavy atom. The van der Waals surface area contributed by atoms with Crippen molar-refractivity contribution in [2.45, 2.75) is 25.9 Å². The van der Waals surface area contributed by atoms with E-state index >= 15 is 0 Å². The Labute approximate surface area is 48.7 Å². The minimum absolute atomic E-state index is 0.578. The van der Waals surface area contributed by atoms with E-state index in [9.17, 15) is 4.39 Å². The summed E-state index contributed by atoms with van der Waals surface area (Å²) in [6.45, 7) is 1.55. The zero-order chi connectivity index (χ0) is 5.70. The van der Waals surface area contributed by atoms with Crippen LogP contribution in [0.5, 0.6) is 0 Å². The molecule has 0 bridgehead atoms. The number of halogens is 2. The molecule has 1 unspecified atom stereocenters. The molecule has 0 aromatic heterocycles. The first-order chi connectivity index (χ1) is 3.27. The largest absolute Gasteiger partial charge is 0.248 e. The highest BCUT2D eigenvalue weighted by atomic mass is 35.5. The Bertz CT molecular complexity index is 37.1. The van der Waals surface area contributed by atoms with Crippen LogP contribution in [0.25, 0.3) is 0 Å². The molecule has 0 rings (SSSR count). The summed E-state index contributed by atoms with van der Waals surface area (Å²) in [6.07, 6.45) is 0.710. The number of rotatable bonds is 3. The number of hydrogen-bond donors (Lipinski definition) is 0. The molecule has 0 aromatic rings. The summed E-state index contributed by atoms with van der Waals surface area (Å²) in [7, 11) is 0. The summed E-state index contributed by atoms with van der Waals surface area (Å²) >= 11 is 5.28. The van der Waals surface area contributed by atoms with Crippen molar-refractivity contribution in [2.24, 2.45) is 0 Å². The number of alkyl halides is 2. The molecule has 7 heavy (non-hydrogen) atoms. The topological polar surface area (TPSA) is 0 Å². The highest BCUT2D eigenvalue weighted by Gasteiger charge is 1.93. The SMILES string of the molecule is CC(F)CCCCl. The molecule has 0 aliphatic heterocycles. The van der Waals surface area contributed by atoms with Gasteiger partial charge in [-0.3, -0.25) is 0 Å². The van der Waals surface area contributed by atoms with E-state index in [0.29, 0.717) is 12.3 Å². The van der Waals surface area contributed by atoms with Crippen LogP contribution in [0.4, 0.5) is 4.39 Å². The van der Waals surface area contributed by atoms with Gasteiger partial charge in [0.15, 0.2) is 0 Å². The van der Waals surface area contributed by atoms with E-state index in [2.05, 4.69) is 0 Å². The third-order valence-electron chi connectivity index (χ3n) is 0.736. The fourth-order valence-electron chi connectivity index (χ4n) is 0.358. The Morgan fingerprint density at radius 2 is 2.29 bits per heavy atom. The van der Waals surface area contributed by atoms with E-state index in [1.807, 2.05) is 0 Å². The second kappa shape index (κ2) is 4.38. The lowest BCUT2D eigenvalue weighted by Gasteiger charge is -1.94. The van der Waals surface area contributed by atoms with Gasteiger partial charge in [0.05, 0.1) is 6.17 Å². The average molecular weight is 125 g/mol. The van der Waals surface area contributed by atoms with Gasteiger partial charge < -0.3 is 0 Å². The van der Waals surface area contributed by atoms with E-state index in [1.54, 1.807) is 6.92 Å². The number of hydrogen-bond acceptors (Lipinski definition) is 0. The quantitative estimate of drug-likeness (QED) is 0.507. The van der Waals surface area contributed by atoms with E-state index in [4.69, 9.17) is 11.6 Å². The third-order valence-corrected chi connectivity index (χ3v) is 1.00. The zero-order valence-corrected chi connectivity index (χ0v) is 5.21. The average Bonchev–Trinajstić information content (AvgIpc) is 1.61. The summed E-state index contributed by atoms with van der Waals surface area (Å²) in [5, 5.41) is 0. The van der Waals surface area contributed by atoms with Crippen LogP contribution in [0.3, 0.4) is 0 Å². The maximum absolute atomic E-state index is 11.8. The minimum atomic E-state index is -0.682. The second-order valence-corrected chi connectivity index (χ2v) is 1.99. The third kappa shape index (κ3) is 6.22. The van der Waals surface area contributed by atoms with Gasteiger partial charge in [0.1, 0.15) is 0 Å². The summed E-state index contributed by atoms with van der Waals surface area (Å²) in [5.41, 5.74) is 0. The molecule has 0 fully saturated rings. The van der Waals surface area contributed by atoms with Crippen molar-refractivity contribution in [1.29, 1.82) is 0 Å². The predicted molar refractivity (Wildman–Crippen MR) is 30.5 cm³/mol. The first-order valence-corrected chi connectivity index (χ1v) is 3.01. The lowest BCUT2D eigenvalue weighted by Crippen LogP contribution is -1.91. The molecule has 0 aliphatic carbocycles. The smallest absolute Gasteiger partial charge is 0.0974 e. The van der Waals surface area contributed by atoms with Crippen molar-refractivity contribution in [2.75, 3.05) is 5.88 Å². The molecule has 0 amide bonds. The molecule has 0 nitrogen and oxygen atoms in total. The highest BCUT2D eigenvalue weighted by Crippen LogP contribution is 2.00. The van der Waals surface area contributed by atoms with Crippen LogP contribution < -0.4 is 0 Å². The molecular formula is C5H10ClF. The minimum Gasteiger partial charge on any atom is -0.248 e. The van der Waals surface area contributed by atoms with Gasteiger partial charge in [-0.05, 0) is 19.8 Å². The van der Waals surface area contributed by atoms with Gasteiger partial charge in [0.2, 0.25) is 0 Å². The van der Waals surface area contributed by atoms with Crippen LogP contribution in [0.2, 0.25) is 0 Å². The van der Waals surface area contributed by atoms with Crippen LogP contribution in [-0.2, 0) is 0 Å². The Kier molecular flexibility index (Phi) is 4.52. The lowest BCUT2D eigenvalue weighted by molar-refractivity contribution is 0.339. The summed E-state index contributed by atoms with van der Waals surface area (Å²) in [4.78, 5) is 0. The van der Waals surface area contributed by atoms with E-state index in [-0.39, 0.29) is 0 Å². The molecule has 0 N–H and O–H groups in total. The first kappa shape index (κ1) is 7.22. The maximum Gasteiger partial charge on any atom is 0.0974 e. The van der Waals surface area contributed by atoms with Gasteiger partial charge in [-0.25, -0.2) is 4.39 Å². The summed E-state index contributed by atoms with van der Waals surface area (Å²) in [6, 6.07) is 0. The van der Waals surface area contributed by atoms with Crippen molar-refractivity contribution >= 4 is 11.6 Å². The molecular weight excluding hydrogens is 115 g/mol. The molecule has 0 aromatic carbocycles. The fraction of sp³-hybridized carbons (Fsp3) is 1.00. The van der Waals surface area contributed by atoms with Gasteiger partial charge in [-0.2, -0.15) is 0 Å². The van der Waals surface area contributed by atoms with Crippen molar-refractivity contribution in [3.8, 4) is 0 Å².